The molecule has 1 atom stereocenters. The maximum Gasteiger partial charge on any atom is 0.253 e. The molecule has 0 bridgehead atoms. The fourth-order valence-electron chi connectivity index (χ4n) is 4.29. The average molecular weight is 392 g/mol. The Morgan fingerprint density at radius 2 is 1.79 bits per heavy atom. The summed E-state index contributed by atoms with van der Waals surface area (Å²) in [5, 5.41) is 6.24. The predicted molar refractivity (Wildman–Crippen MR) is 116 cm³/mol. The van der Waals surface area contributed by atoms with Crippen molar-refractivity contribution in [2.24, 2.45) is 11.8 Å². The maximum absolute atomic E-state index is 13.0. The molecule has 2 aliphatic heterocycles. The van der Waals surface area contributed by atoms with Gasteiger partial charge in [-0.25, -0.2) is 0 Å². The summed E-state index contributed by atoms with van der Waals surface area (Å²) in [5.41, 5.74) is 3.57. The molecule has 0 aromatic heterocycles. The Bertz CT molecular complexity index is 886. The molecule has 29 heavy (non-hydrogen) atoms. The Balaban J connectivity index is 1.38. The van der Waals surface area contributed by atoms with E-state index in [2.05, 4.69) is 34.9 Å². The van der Waals surface area contributed by atoms with Crippen LogP contribution in [0, 0.1) is 11.8 Å². The van der Waals surface area contributed by atoms with Gasteiger partial charge in [0.15, 0.2) is 0 Å². The zero-order valence-corrected chi connectivity index (χ0v) is 17.2. The number of nitrogens with one attached hydrogen (secondary N) is 2. The minimum Gasteiger partial charge on any atom is -0.372 e. The molecule has 0 aliphatic carbocycles. The second-order valence-electron chi connectivity index (χ2n) is 8.54. The van der Waals surface area contributed by atoms with Crippen molar-refractivity contribution in [1.82, 2.24) is 4.90 Å². The van der Waals surface area contributed by atoms with Crippen LogP contribution in [-0.2, 0) is 11.2 Å². The smallest absolute Gasteiger partial charge is 0.253 e. The van der Waals surface area contributed by atoms with Gasteiger partial charge in [-0.05, 0) is 54.9 Å². The molecule has 1 saturated heterocycles. The molecule has 5 heteroatoms. The van der Waals surface area contributed by atoms with Gasteiger partial charge in [-0.1, -0.05) is 44.2 Å². The van der Waals surface area contributed by atoms with Gasteiger partial charge in [0.25, 0.3) is 5.91 Å². The Labute approximate surface area is 172 Å². The topological polar surface area (TPSA) is 61.4 Å². The first-order valence-electron chi connectivity index (χ1n) is 10.6. The molecule has 0 radical (unpaired) electrons. The molecule has 152 valence electrons. The van der Waals surface area contributed by atoms with E-state index in [0.29, 0.717) is 17.2 Å². The molecule has 0 unspecified atom stereocenters. The Morgan fingerprint density at radius 3 is 2.48 bits per heavy atom. The first-order valence-corrected chi connectivity index (χ1v) is 10.6. The van der Waals surface area contributed by atoms with Gasteiger partial charge in [0.2, 0.25) is 5.91 Å². The number of carbonyl (C=O) groups is 2. The number of benzene rings is 2. The summed E-state index contributed by atoms with van der Waals surface area (Å²) in [6, 6.07) is 15.9. The van der Waals surface area contributed by atoms with Gasteiger partial charge < -0.3 is 15.5 Å². The van der Waals surface area contributed by atoms with Crippen LogP contribution < -0.4 is 10.6 Å². The summed E-state index contributed by atoms with van der Waals surface area (Å²) in [7, 11) is 0. The molecule has 5 nitrogen and oxygen atoms in total. The zero-order chi connectivity index (χ0) is 20.4. The largest absolute Gasteiger partial charge is 0.372 e. The predicted octanol–water partition coefficient (Wildman–Crippen LogP) is 4.17. The van der Waals surface area contributed by atoms with Crippen LogP contribution in [0.4, 0.5) is 11.4 Å². The van der Waals surface area contributed by atoms with Gasteiger partial charge in [-0.3, -0.25) is 9.59 Å². The van der Waals surface area contributed by atoms with Crippen molar-refractivity contribution in [2.75, 3.05) is 23.7 Å². The van der Waals surface area contributed by atoms with E-state index in [1.807, 2.05) is 36.9 Å². The van der Waals surface area contributed by atoms with E-state index in [4.69, 9.17) is 0 Å². The molecule has 2 aromatic rings. The molecular weight excluding hydrogens is 362 g/mol. The Kier molecular flexibility index (Phi) is 5.56. The lowest BCUT2D eigenvalue weighted by Crippen LogP contribution is -2.42. The lowest BCUT2D eigenvalue weighted by molar-refractivity contribution is -0.117. The number of carbonyl (C=O) groups excluding carboxylic acids is 2. The number of anilines is 2. The van der Waals surface area contributed by atoms with E-state index in [9.17, 15) is 9.59 Å². The number of amides is 2. The van der Waals surface area contributed by atoms with Gasteiger partial charge in [0, 0.05) is 18.7 Å². The number of hydrogen-bond donors (Lipinski definition) is 2. The molecular formula is C24H29N3O2. The summed E-state index contributed by atoms with van der Waals surface area (Å²) < 4.78 is 0. The van der Waals surface area contributed by atoms with Crippen LogP contribution in [0.25, 0.3) is 0 Å². The summed E-state index contributed by atoms with van der Waals surface area (Å²) in [4.78, 5) is 27.2. The molecule has 2 aromatic carbocycles. The molecule has 0 spiro atoms. The SMILES string of the molecule is CC(C)[C@H]1Nc2ccc(C(=O)N3CCC(Cc4ccccc4)CC3)cc2NC1=O. The third-order valence-corrected chi connectivity index (χ3v) is 6.05. The highest BCUT2D eigenvalue weighted by atomic mass is 16.2. The van der Waals surface area contributed by atoms with E-state index in [1.54, 1.807) is 6.07 Å². The third-order valence-electron chi connectivity index (χ3n) is 6.05. The van der Waals surface area contributed by atoms with Crippen LogP contribution in [0.2, 0.25) is 0 Å². The third kappa shape index (κ3) is 4.29. The van der Waals surface area contributed by atoms with Crippen molar-refractivity contribution in [1.29, 1.82) is 0 Å². The fraction of sp³-hybridized carbons (Fsp3) is 0.417. The van der Waals surface area contributed by atoms with Crippen LogP contribution in [0.5, 0.6) is 0 Å². The van der Waals surface area contributed by atoms with Crippen LogP contribution in [0.1, 0.15) is 42.6 Å². The summed E-state index contributed by atoms with van der Waals surface area (Å²) in [6.07, 6.45) is 3.14. The van der Waals surface area contributed by atoms with Gasteiger partial charge in [-0.15, -0.1) is 0 Å². The number of rotatable bonds is 4. The van der Waals surface area contributed by atoms with E-state index in [1.165, 1.54) is 5.56 Å². The van der Waals surface area contributed by atoms with Crippen molar-refractivity contribution in [3.05, 3.63) is 59.7 Å². The lowest BCUT2D eigenvalue weighted by atomic mass is 9.90. The van der Waals surface area contributed by atoms with Crippen LogP contribution in [0.3, 0.4) is 0 Å². The van der Waals surface area contributed by atoms with Crippen LogP contribution in [-0.4, -0.2) is 35.8 Å². The summed E-state index contributed by atoms with van der Waals surface area (Å²) in [5.74, 6) is 0.827. The first-order chi connectivity index (χ1) is 14.0. The number of likely N-dealkylation sites (tertiary alicyclic amines) is 1. The average Bonchev–Trinajstić information content (AvgIpc) is 2.73. The number of fused-ring (bicyclic) bond motifs is 1. The number of hydrogen-bond acceptors (Lipinski definition) is 3. The minimum absolute atomic E-state index is 0.0428. The Morgan fingerprint density at radius 1 is 1.07 bits per heavy atom. The monoisotopic (exact) mass is 391 g/mol. The fourth-order valence-corrected chi connectivity index (χ4v) is 4.29. The van der Waals surface area contributed by atoms with Gasteiger partial charge >= 0.3 is 0 Å². The molecule has 1 fully saturated rings. The molecule has 2 aliphatic rings. The van der Waals surface area contributed by atoms with Crippen molar-refractivity contribution >= 4 is 23.2 Å². The van der Waals surface area contributed by atoms with Gasteiger partial charge in [0.1, 0.15) is 6.04 Å². The van der Waals surface area contributed by atoms with Crippen molar-refractivity contribution in [3.63, 3.8) is 0 Å². The molecule has 2 heterocycles. The van der Waals surface area contributed by atoms with Crippen molar-refractivity contribution in [2.45, 2.75) is 39.2 Å². The number of nitrogens with zero attached hydrogens (tertiary/aromatic N) is 1. The number of piperidine rings is 1. The molecule has 2 N–H and O–H groups in total. The normalized spacial score (nSPS) is 19.5. The second kappa shape index (κ2) is 8.27. The zero-order valence-electron chi connectivity index (χ0n) is 17.2. The maximum atomic E-state index is 13.0. The lowest BCUT2D eigenvalue weighted by Gasteiger charge is -2.33. The molecule has 0 saturated carbocycles. The van der Waals surface area contributed by atoms with Gasteiger partial charge in [-0.2, -0.15) is 0 Å². The van der Waals surface area contributed by atoms with E-state index in [0.717, 1.165) is 38.0 Å². The van der Waals surface area contributed by atoms with E-state index in [-0.39, 0.29) is 23.8 Å². The van der Waals surface area contributed by atoms with Gasteiger partial charge in [0.05, 0.1) is 11.4 Å². The quantitative estimate of drug-likeness (QED) is 0.822. The van der Waals surface area contributed by atoms with Crippen molar-refractivity contribution in [3.8, 4) is 0 Å². The highest BCUT2D eigenvalue weighted by Gasteiger charge is 2.29. The van der Waals surface area contributed by atoms with E-state index >= 15 is 0 Å². The highest BCUT2D eigenvalue weighted by molar-refractivity contribution is 6.05. The van der Waals surface area contributed by atoms with Crippen molar-refractivity contribution < 1.29 is 9.59 Å². The van der Waals surface area contributed by atoms with Crippen LogP contribution in [0.15, 0.2) is 48.5 Å². The summed E-state index contributed by atoms with van der Waals surface area (Å²) >= 11 is 0. The highest BCUT2D eigenvalue weighted by Crippen LogP contribution is 2.31. The standard InChI is InChI=1S/C24H29N3O2/c1-16(2)22-23(28)26-21-15-19(8-9-20(21)25-22)24(29)27-12-10-18(11-13-27)14-17-6-4-3-5-7-17/h3-9,15-16,18,22,25H,10-14H2,1-2H3,(H,26,28)/t22-/m1/s1. The molecule has 2 amide bonds. The van der Waals surface area contributed by atoms with Crippen LogP contribution >= 0.6 is 0 Å². The van der Waals surface area contributed by atoms with E-state index < -0.39 is 0 Å². The summed E-state index contributed by atoms with van der Waals surface area (Å²) in [6.45, 7) is 5.60. The molecule has 4 rings (SSSR count). The first kappa shape index (κ1) is 19.5. The Hall–Kier alpha value is -2.82. The minimum atomic E-state index is -0.243. The second-order valence-corrected chi connectivity index (χ2v) is 8.54.